The molecule has 2 aliphatic rings. The molecule has 2 aliphatic heterocycles. The predicted molar refractivity (Wildman–Crippen MR) is 109 cm³/mol. The molecule has 5 atom stereocenters. The lowest BCUT2D eigenvalue weighted by Crippen LogP contribution is -2.54. The number of rotatable bonds is 9. The fraction of sp³-hybridized carbons (Fsp3) is 0.591. The molecule has 164 valence electrons. The van der Waals surface area contributed by atoms with Crippen LogP contribution in [0.25, 0.3) is 0 Å². The second-order valence-corrected chi connectivity index (χ2v) is 7.95. The number of hydrogen-bond donors (Lipinski definition) is 2. The maximum Gasteiger partial charge on any atom is 0.326 e. The first-order chi connectivity index (χ1) is 14.4. The number of carboxylic acids is 1. The van der Waals surface area contributed by atoms with E-state index >= 15 is 0 Å². The van der Waals surface area contributed by atoms with Gasteiger partial charge in [-0.05, 0) is 32.3 Å². The third kappa shape index (κ3) is 4.99. The van der Waals surface area contributed by atoms with Crippen LogP contribution in [0.4, 0.5) is 0 Å². The van der Waals surface area contributed by atoms with E-state index in [2.05, 4.69) is 5.32 Å². The molecule has 0 aliphatic carbocycles. The van der Waals surface area contributed by atoms with E-state index in [0.717, 1.165) is 5.56 Å². The number of aryl methyl sites for hydroxylation is 1. The third-order valence-electron chi connectivity index (χ3n) is 5.91. The first-order valence-corrected chi connectivity index (χ1v) is 10.5. The molecular weight excluding hydrogens is 388 g/mol. The van der Waals surface area contributed by atoms with E-state index in [-0.39, 0.29) is 24.3 Å². The molecule has 3 rings (SSSR count). The minimum atomic E-state index is -1.01. The molecule has 2 saturated heterocycles. The highest BCUT2D eigenvalue weighted by Crippen LogP contribution is 2.35. The topological polar surface area (TPSA) is 105 Å². The summed E-state index contributed by atoms with van der Waals surface area (Å²) < 4.78 is 10.6. The highest BCUT2D eigenvalue weighted by Gasteiger charge is 2.51. The maximum atomic E-state index is 13.1. The van der Waals surface area contributed by atoms with Crippen LogP contribution in [0.1, 0.15) is 25.8 Å². The Morgan fingerprint density at radius 3 is 2.67 bits per heavy atom. The van der Waals surface area contributed by atoms with E-state index in [4.69, 9.17) is 9.47 Å². The van der Waals surface area contributed by atoms with Crippen LogP contribution in [-0.2, 0) is 30.3 Å². The summed E-state index contributed by atoms with van der Waals surface area (Å²) in [7, 11) is 0. The van der Waals surface area contributed by atoms with Crippen LogP contribution in [0.2, 0.25) is 0 Å². The van der Waals surface area contributed by atoms with Crippen molar-refractivity contribution < 1.29 is 29.0 Å². The van der Waals surface area contributed by atoms with Gasteiger partial charge in [-0.2, -0.15) is 0 Å². The number of nitrogens with one attached hydrogen (secondary N) is 1. The van der Waals surface area contributed by atoms with Gasteiger partial charge < -0.3 is 19.5 Å². The van der Waals surface area contributed by atoms with Crippen LogP contribution in [0.3, 0.4) is 0 Å². The number of aliphatic carboxylic acids is 1. The van der Waals surface area contributed by atoms with Crippen molar-refractivity contribution in [1.29, 1.82) is 0 Å². The number of benzene rings is 1. The number of ether oxygens (including phenoxy) is 2. The molecule has 0 spiro atoms. The van der Waals surface area contributed by atoms with Gasteiger partial charge in [0, 0.05) is 18.4 Å². The molecule has 1 aromatic carbocycles. The average Bonchev–Trinajstić information content (AvgIpc) is 3.32. The highest BCUT2D eigenvalue weighted by molar-refractivity contribution is 5.88. The lowest BCUT2D eigenvalue weighted by Gasteiger charge is -2.29. The van der Waals surface area contributed by atoms with Crippen molar-refractivity contribution >= 4 is 17.8 Å². The molecule has 0 aromatic heterocycles. The lowest BCUT2D eigenvalue weighted by molar-refractivity contribution is -0.151. The van der Waals surface area contributed by atoms with Gasteiger partial charge >= 0.3 is 11.9 Å². The fourth-order valence-electron chi connectivity index (χ4n) is 4.38. The Hall–Kier alpha value is -2.45. The van der Waals surface area contributed by atoms with Crippen molar-refractivity contribution in [3.63, 3.8) is 0 Å². The summed E-state index contributed by atoms with van der Waals surface area (Å²) in [5.41, 5.74) is 1.09. The number of hydrogen-bond acceptors (Lipinski definition) is 6. The van der Waals surface area contributed by atoms with Gasteiger partial charge in [-0.3, -0.25) is 14.9 Å². The molecule has 8 nitrogen and oxygen atoms in total. The van der Waals surface area contributed by atoms with Crippen molar-refractivity contribution in [2.45, 2.75) is 44.8 Å². The molecule has 2 N–H and O–H groups in total. The Labute approximate surface area is 176 Å². The summed E-state index contributed by atoms with van der Waals surface area (Å²) in [6.07, 6.45) is 1.13. The summed E-state index contributed by atoms with van der Waals surface area (Å²) in [6.45, 7) is 4.85. The van der Waals surface area contributed by atoms with Gasteiger partial charge in [-0.25, -0.2) is 4.79 Å². The van der Waals surface area contributed by atoms with E-state index in [9.17, 15) is 19.5 Å². The Kier molecular flexibility index (Phi) is 7.44. The number of esters is 1. The van der Waals surface area contributed by atoms with Crippen LogP contribution >= 0.6 is 0 Å². The van der Waals surface area contributed by atoms with Gasteiger partial charge in [0.05, 0.1) is 25.9 Å². The molecule has 30 heavy (non-hydrogen) atoms. The molecule has 8 heteroatoms. The normalized spacial score (nSPS) is 24.9. The smallest absolute Gasteiger partial charge is 0.326 e. The summed E-state index contributed by atoms with van der Waals surface area (Å²) in [5, 5.41) is 12.8. The maximum absolute atomic E-state index is 13.1. The largest absolute Gasteiger partial charge is 0.480 e. The monoisotopic (exact) mass is 418 g/mol. The number of nitrogens with zero attached hydrogens (tertiary/aromatic N) is 1. The Morgan fingerprint density at radius 1 is 1.27 bits per heavy atom. The molecule has 2 fully saturated rings. The zero-order chi connectivity index (χ0) is 21.7. The van der Waals surface area contributed by atoms with Gasteiger partial charge in [-0.1, -0.05) is 30.3 Å². The summed E-state index contributed by atoms with van der Waals surface area (Å²) in [4.78, 5) is 38.8. The fourth-order valence-corrected chi connectivity index (χ4v) is 4.38. The summed E-state index contributed by atoms with van der Waals surface area (Å²) in [6, 6.07) is 7.52. The molecule has 1 amide bonds. The number of amides is 1. The van der Waals surface area contributed by atoms with E-state index in [1.54, 1.807) is 13.8 Å². The molecule has 0 saturated carbocycles. The van der Waals surface area contributed by atoms with Gasteiger partial charge in [-0.15, -0.1) is 0 Å². The minimum absolute atomic E-state index is 0.0428. The molecule has 4 unspecified atom stereocenters. The van der Waals surface area contributed by atoms with Crippen molar-refractivity contribution in [3.8, 4) is 0 Å². The van der Waals surface area contributed by atoms with Crippen molar-refractivity contribution in [2.24, 2.45) is 11.8 Å². The zero-order valence-electron chi connectivity index (χ0n) is 17.5. The van der Waals surface area contributed by atoms with E-state index in [1.807, 2.05) is 30.3 Å². The first-order valence-electron chi connectivity index (χ1n) is 10.5. The highest BCUT2D eigenvalue weighted by atomic mass is 16.5. The predicted octanol–water partition coefficient (Wildman–Crippen LogP) is 1.09. The van der Waals surface area contributed by atoms with Crippen LogP contribution in [-0.4, -0.2) is 72.3 Å². The number of carboxylic acid groups (broad SMARTS) is 1. The van der Waals surface area contributed by atoms with Gasteiger partial charge in [0.25, 0.3) is 0 Å². The van der Waals surface area contributed by atoms with Gasteiger partial charge in [0.15, 0.2) is 0 Å². The van der Waals surface area contributed by atoms with Gasteiger partial charge in [0.1, 0.15) is 12.1 Å². The minimum Gasteiger partial charge on any atom is -0.480 e. The van der Waals surface area contributed by atoms with E-state index in [1.165, 1.54) is 4.90 Å². The SMILES string of the molecule is CCOC(=O)C(CCc1ccccc1)N[C@@H](C)C(=O)N1CC2COCC2C1C(=O)O. The average molecular weight is 418 g/mol. The lowest BCUT2D eigenvalue weighted by atomic mass is 9.94. The van der Waals surface area contributed by atoms with Crippen molar-refractivity contribution in [1.82, 2.24) is 10.2 Å². The number of likely N-dealkylation sites (tertiary alicyclic amines) is 1. The second kappa shape index (κ2) is 10.0. The van der Waals surface area contributed by atoms with Crippen LogP contribution in [0, 0.1) is 11.8 Å². The van der Waals surface area contributed by atoms with Crippen molar-refractivity contribution in [2.75, 3.05) is 26.4 Å². The Morgan fingerprint density at radius 2 is 2.00 bits per heavy atom. The molecular formula is C22H30N2O6. The Bertz CT molecular complexity index is 755. The molecule has 2 heterocycles. The molecule has 1 aromatic rings. The Balaban J connectivity index is 1.66. The standard InChI is InChI=1S/C22H30N2O6/c1-3-30-22(28)18(10-9-15-7-5-4-6-8-15)23-14(2)20(25)24-11-16-12-29-13-17(16)19(24)21(26)27/h4-8,14,16-19,23H,3,9-13H2,1-2H3,(H,26,27)/t14-,16?,17?,18?,19?/m0/s1. The zero-order valence-corrected chi connectivity index (χ0v) is 17.5. The quantitative estimate of drug-likeness (QED) is 0.578. The second-order valence-electron chi connectivity index (χ2n) is 7.95. The number of carbonyl (C=O) groups is 3. The van der Waals surface area contributed by atoms with E-state index < -0.39 is 30.1 Å². The van der Waals surface area contributed by atoms with E-state index in [0.29, 0.717) is 32.6 Å². The summed E-state index contributed by atoms with van der Waals surface area (Å²) >= 11 is 0. The molecule has 0 radical (unpaired) electrons. The summed E-state index contributed by atoms with van der Waals surface area (Å²) in [5.74, 6) is -1.88. The van der Waals surface area contributed by atoms with Crippen LogP contribution in [0.15, 0.2) is 30.3 Å². The molecule has 0 bridgehead atoms. The number of fused-ring (bicyclic) bond motifs is 1. The third-order valence-corrected chi connectivity index (χ3v) is 5.91. The van der Waals surface area contributed by atoms with Crippen LogP contribution < -0.4 is 5.32 Å². The number of carbonyl (C=O) groups excluding carboxylic acids is 2. The first kappa shape index (κ1) is 22.2. The van der Waals surface area contributed by atoms with Crippen molar-refractivity contribution in [3.05, 3.63) is 35.9 Å². The van der Waals surface area contributed by atoms with Crippen LogP contribution in [0.5, 0.6) is 0 Å². The van der Waals surface area contributed by atoms with Gasteiger partial charge in [0.2, 0.25) is 5.91 Å².